The van der Waals surface area contributed by atoms with Gasteiger partial charge in [0, 0.05) is 5.56 Å². The first-order chi connectivity index (χ1) is 9.58. The molecule has 1 heterocycles. The molecule has 20 heavy (non-hydrogen) atoms. The summed E-state index contributed by atoms with van der Waals surface area (Å²) < 4.78 is 10.6. The molecule has 3 N–H and O–H groups in total. The second kappa shape index (κ2) is 6.37. The first kappa shape index (κ1) is 15.0. The average Bonchev–Trinajstić information content (AvgIpc) is 2.71. The summed E-state index contributed by atoms with van der Waals surface area (Å²) in [5.41, 5.74) is 1.46. The topological polar surface area (TPSA) is 79.2 Å². The van der Waals surface area contributed by atoms with Gasteiger partial charge in [0.25, 0.3) is 0 Å². The maximum absolute atomic E-state index is 9.83. The van der Waals surface area contributed by atoms with Crippen LogP contribution in [0.2, 0.25) is 0 Å². The van der Waals surface area contributed by atoms with Crippen LogP contribution in [0.4, 0.5) is 0 Å². The quantitative estimate of drug-likeness (QED) is 0.757. The van der Waals surface area contributed by atoms with Gasteiger partial charge in [0.15, 0.2) is 0 Å². The number of benzene rings is 1. The van der Waals surface area contributed by atoms with E-state index in [-0.39, 0.29) is 6.61 Å². The highest BCUT2D eigenvalue weighted by Crippen LogP contribution is 2.26. The lowest BCUT2D eigenvalue weighted by Crippen LogP contribution is -2.30. The van der Waals surface area contributed by atoms with Crippen LogP contribution in [0.3, 0.4) is 0 Å². The Morgan fingerprint density at radius 2 is 2.05 bits per heavy atom. The summed E-state index contributed by atoms with van der Waals surface area (Å²) in [6.07, 6.45) is 0.662. The van der Waals surface area contributed by atoms with E-state index in [9.17, 15) is 15.3 Å². The van der Waals surface area contributed by atoms with Crippen LogP contribution in [0.5, 0.6) is 5.75 Å². The van der Waals surface area contributed by atoms with Crippen molar-refractivity contribution in [2.45, 2.75) is 37.9 Å². The van der Waals surface area contributed by atoms with Crippen molar-refractivity contribution in [3.8, 4) is 5.75 Å². The van der Waals surface area contributed by atoms with Gasteiger partial charge in [-0.25, -0.2) is 0 Å². The molecule has 4 atom stereocenters. The van der Waals surface area contributed by atoms with Gasteiger partial charge < -0.3 is 24.8 Å². The van der Waals surface area contributed by atoms with Crippen molar-refractivity contribution < 1.29 is 24.8 Å². The number of rotatable bonds is 4. The van der Waals surface area contributed by atoms with Gasteiger partial charge >= 0.3 is 0 Å². The zero-order valence-corrected chi connectivity index (χ0v) is 11.6. The molecule has 1 saturated heterocycles. The largest absolute Gasteiger partial charge is 0.496 e. The summed E-state index contributed by atoms with van der Waals surface area (Å²) >= 11 is 0. The van der Waals surface area contributed by atoms with Crippen LogP contribution in [0.25, 0.3) is 6.08 Å². The van der Waals surface area contributed by atoms with Crippen molar-refractivity contribution in [2.75, 3.05) is 7.11 Å². The third-order valence-corrected chi connectivity index (χ3v) is 3.55. The summed E-state index contributed by atoms with van der Waals surface area (Å²) in [6.45, 7) is 1.57. The van der Waals surface area contributed by atoms with Gasteiger partial charge in [0.1, 0.15) is 24.1 Å². The van der Waals surface area contributed by atoms with E-state index in [2.05, 4.69) is 0 Å². The fourth-order valence-corrected chi connectivity index (χ4v) is 2.34. The normalized spacial score (nSPS) is 30.1. The molecular weight excluding hydrogens is 260 g/mol. The fraction of sp³-hybridized carbons (Fsp3) is 0.467. The molecule has 5 heteroatoms. The molecule has 5 nitrogen and oxygen atoms in total. The van der Waals surface area contributed by atoms with Gasteiger partial charge in [0.05, 0.1) is 19.8 Å². The van der Waals surface area contributed by atoms with E-state index in [0.29, 0.717) is 11.3 Å². The highest BCUT2D eigenvalue weighted by Gasteiger charge is 2.38. The highest BCUT2D eigenvalue weighted by atomic mass is 16.5. The van der Waals surface area contributed by atoms with Crippen LogP contribution in [0, 0.1) is 0 Å². The third kappa shape index (κ3) is 2.86. The minimum atomic E-state index is -0.940. The molecule has 0 radical (unpaired) electrons. The predicted octanol–water partition coefficient (Wildman–Crippen LogP) is 0.710. The van der Waals surface area contributed by atoms with Gasteiger partial charge in [-0.1, -0.05) is 24.3 Å². The second-order valence-corrected chi connectivity index (χ2v) is 4.83. The molecule has 0 spiro atoms. The minimum Gasteiger partial charge on any atom is -0.496 e. The SMILES string of the molecule is COc1cccc(/C=C/[C@H]2O[C@H](C)[C@@H](O)[C@@H]2O)c1CO. The van der Waals surface area contributed by atoms with E-state index in [1.54, 1.807) is 32.3 Å². The van der Waals surface area contributed by atoms with Crippen molar-refractivity contribution in [2.24, 2.45) is 0 Å². The molecule has 1 fully saturated rings. The molecular formula is C15H20O5. The maximum atomic E-state index is 9.83. The zero-order chi connectivity index (χ0) is 14.7. The molecule has 1 aliphatic heterocycles. The van der Waals surface area contributed by atoms with E-state index in [1.807, 2.05) is 12.1 Å². The van der Waals surface area contributed by atoms with Crippen molar-refractivity contribution in [1.29, 1.82) is 0 Å². The van der Waals surface area contributed by atoms with E-state index in [0.717, 1.165) is 5.56 Å². The Balaban J connectivity index is 2.20. The Hall–Kier alpha value is -1.40. The van der Waals surface area contributed by atoms with Crippen molar-refractivity contribution >= 4 is 6.08 Å². The molecule has 0 bridgehead atoms. The van der Waals surface area contributed by atoms with Crippen LogP contribution in [0.15, 0.2) is 24.3 Å². The molecule has 2 rings (SSSR count). The average molecular weight is 280 g/mol. The number of hydrogen-bond donors (Lipinski definition) is 3. The highest BCUT2D eigenvalue weighted by molar-refractivity contribution is 5.58. The number of methoxy groups -OCH3 is 1. The molecule has 0 amide bonds. The van der Waals surface area contributed by atoms with E-state index in [4.69, 9.17) is 9.47 Å². The molecule has 1 aromatic carbocycles. The standard InChI is InChI=1S/C15H20O5/c1-9-14(17)15(18)13(20-9)7-6-10-4-3-5-12(19-2)11(10)8-16/h3-7,9,13-18H,8H2,1-2H3/b7-6+/t9-,13-,14-,15-/m1/s1. The van der Waals surface area contributed by atoms with Crippen LogP contribution in [0.1, 0.15) is 18.1 Å². The molecule has 0 aromatic heterocycles. The molecule has 0 aliphatic carbocycles. The Morgan fingerprint density at radius 3 is 2.60 bits per heavy atom. The summed E-state index contributed by atoms with van der Waals surface area (Å²) in [6, 6.07) is 5.43. The minimum absolute atomic E-state index is 0.142. The summed E-state index contributed by atoms with van der Waals surface area (Å²) in [4.78, 5) is 0. The summed E-state index contributed by atoms with van der Waals surface area (Å²) in [7, 11) is 1.55. The zero-order valence-electron chi connectivity index (χ0n) is 11.6. The number of hydrogen-bond acceptors (Lipinski definition) is 5. The molecule has 0 saturated carbocycles. The Kier molecular flexibility index (Phi) is 4.77. The molecule has 1 aromatic rings. The number of aliphatic hydroxyl groups excluding tert-OH is 3. The fourth-order valence-electron chi connectivity index (χ4n) is 2.34. The van der Waals surface area contributed by atoms with Crippen molar-refractivity contribution in [3.05, 3.63) is 35.4 Å². The molecule has 0 unspecified atom stereocenters. The smallest absolute Gasteiger partial charge is 0.124 e. The number of ether oxygens (including phenoxy) is 2. The van der Waals surface area contributed by atoms with Gasteiger partial charge in [-0.05, 0) is 18.6 Å². The Morgan fingerprint density at radius 1 is 1.30 bits per heavy atom. The van der Waals surface area contributed by atoms with Gasteiger partial charge in [-0.15, -0.1) is 0 Å². The monoisotopic (exact) mass is 280 g/mol. The maximum Gasteiger partial charge on any atom is 0.124 e. The lowest BCUT2D eigenvalue weighted by Gasteiger charge is -2.12. The summed E-state index contributed by atoms with van der Waals surface area (Å²) in [5.74, 6) is 0.607. The van der Waals surface area contributed by atoms with Crippen molar-refractivity contribution in [1.82, 2.24) is 0 Å². The van der Waals surface area contributed by atoms with E-state index in [1.165, 1.54) is 0 Å². The first-order valence-electron chi connectivity index (χ1n) is 6.55. The van der Waals surface area contributed by atoms with Crippen molar-refractivity contribution in [3.63, 3.8) is 0 Å². The van der Waals surface area contributed by atoms with Gasteiger partial charge in [-0.2, -0.15) is 0 Å². The van der Waals surface area contributed by atoms with Gasteiger partial charge in [-0.3, -0.25) is 0 Å². The first-order valence-corrected chi connectivity index (χ1v) is 6.55. The summed E-state index contributed by atoms with van der Waals surface area (Å²) in [5, 5.41) is 28.9. The number of aliphatic hydroxyl groups is 3. The Bertz CT molecular complexity index is 485. The predicted molar refractivity (Wildman–Crippen MR) is 74.3 cm³/mol. The molecule has 110 valence electrons. The Labute approximate surface area is 118 Å². The van der Waals surface area contributed by atoms with Crippen LogP contribution in [-0.2, 0) is 11.3 Å². The lowest BCUT2D eigenvalue weighted by atomic mass is 10.0. The van der Waals surface area contributed by atoms with Crippen LogP contribution >= 0.6 is 0 Å². The van der Waals surface area contributed by atoms with Crippen LogP contribution in [-0.4, -0.2) is 46.8 Å². The van der Waals surface area contributed by atoms with E-state index >= 15 is 0 Å². The molecule has 1 aliphatic rings. The van der Waals surface area contributed by atoms with Crippen LogP contribution < -0.4 is 4.74 Å². The second-order valence-electron chi connectivity index (χ2n) is 4.83. The third-order valence-electron chi connectivity index (χ3n) is 3.55. The lowest BCUT2D eigenvalue weighted by molar-refractivity contribution is 0.0316. The van der Waals surface area contributed by atoms with Gasteiger partial charge in [0.2, 0.25) is 0 Å². The van der Waals surface area contributed by atoms with E-state index < -0.39 is 24.4 Å².